The summed E-state index contributed by atoms with van der Waals surface area (Å²) in [4.78, 5) is 18.0. The van der Waals surface area contributed by atoms with Crippen molar-refractivity contribution in [3.8, 4) is 11.4 Å². The molecule has 3 aromatic heterocycles. The second-order valence-corrected chi connectivity index (χ2v) is 7.11. The van der Waals surface area contributed by atoms with Crippen LogP contribution in [0.4, 0.5) is 26.3 Å². The Morgan fingerprint density at radius 2 is 1.64 bits per heavy atom. The Morgan fingerprint density at radius 1 is 0.939 bits per heavy atom. The van der Waals surface area contributed by atoms with Crippen molar-refractivity contribution >= 4 is 11.4 Å². The van der Waals surface area contributed by atoms with Gasteiger partial charge in [-0.2, -0.15) is 30.7 Å². The first-order chi connectivity index (χ1) is 15.6. The molecule has 0 radical (unpaired) electrons. The zero-order valence-electron chi connectivity index (χ0n) is 16.6. The maximum Gasteiger partial charge on any atom is 0.418 e. The van der Waals surface area contributed by atoms with E-state index in [4.69, 9.17) is 0 Å². The monoisotopic (exact) mass is 466 g/mol. The second-order valence-electron chi connectivity index (χ2n) is 7.11. The van der Waals surface area contributed by atoms with Gasteiger partial charge in [-0.15, -0.1) is 0 Å². The number of pyridine rings is 2. The number of hydrogen-bond acceptors (Lipinski definition) is 1. The molecule has 1 atom stereocenters. The lowest BCUT2D eigenvalue weighted by molar-refractivity contribution is -0.498. The number of hydrogen-bond donors (Lipinski definition) is 2. The smallest absolute Gasteiger partial charge is 0.328 e. The molecule has 0 bridgehead atoms. The highest BCUT2D eigenvalue weighted by molar-refractivity contribution is 5.98. The van der Waals surface area contributed by atoms with Crippen LogP contribution < -0.4 is 14.7 Å². The van der Waals surface area contributed by atoms with Gasteiger partial charge in [0.2, 0.25) is 17.4 Å². The summed E-state index contributed by atoms with van der Waals surface area (Å²) in [6.45, 7) is 0. The van der Waals surface area contributed by atoms with E-state index in [0.29, 0.717) is 0 Å². The standard InChI is InChI=1S/C22H14F6N4O/c23-21(24,25)14-8-2-1-7-13(14)19-30-17(16-10-4-6-12-32(16)19)20(33)31-18(22(26,27)28)15-9-3-5-11-29-15/h1-12,18H,(H,31,33)/p+2. The van der Waals surface area contributed by atoms with E-state index in [1.807, 2.05) is 5.32 Å². The fraction of sp³-hybridized carbons (Fsp3) is 0.136. The lowest BCUT2D eigenvalue weighted by atomic mass is 10.1. The lowest BCUT2D eigenvalue weighted by Crippen LogP contribution is -2.41. The normalized spacial score (nSPS) is 13.2. The van der Waals surface area contributed by atoms with E-state index in [0.717, 1.165) is 6.07 Å². The maximum atomic E-state index is 13.7. The molecule has 4 aromatic rings. The van der Waals surface area contributed by atoms with Gasteiger partial charge in [0.1, 0.15) is 0 Å². The van der Waals surface area contributed by atoms with Gasteiger partial charge in [0.05, 0.1) is 17.3 Å². The van der Waals surface area contributed by atoms with Crippen molar-refractivity contribution in [2.75, 3.05) is 0 Å². The SMILES string of the molecule is O=C(NC(c1cccc[nH+]1)C(F)(F)F)c1[nH]c(-c2ccccc2C(F)(F)F)[n+]2ccccc12. The van der Waals surface area contributed by atoms with Crippen molar-refractivity contribution in [3.63, 3.8) is 0 Å². The van der Waals surface area contributed by atoms with Gasteiger partial charge in [0, 0.05) is 12.1 Å². The minimum absolute atomic E-state index is 0.0986. The Morgan fingerprint density at radius 3 is 2.30 bits per heavy atom. The van der Waals surface area contributed by atoms with Crippen molar-refractivity contribution in [2.24, 2.45) is 0 Å². The summed E-state index contributed by atoms with van der Waals surface area (Å²) in [6.07, 6.45) is -6.81. The van der Waals surface area contributed by atoms with Gasteiger partial charge in [0.25, 0.3) is 11.7 Å². The number of nitrogens with one attached hydrogen (secondary N) is 3. The number of benzene rings is 1. The molecule has 0 spiro atoms. The summed E-state index contributed by atoms with van der Waals surface area (Å²) in [5, 5.41) is 1.93. The molecule has 0 saturated carbocycles. The van der Waals surface area contributed by atoms with Crippen LogP contribution in [0.2, 0.25) is 0 Å². The van der Waals surface area contributed by atoms with Crippen LogP contribution >= 0.6 is 0 Å². The molecular formula is C22H16F6N4O+2. The molecule has 4 rings (SSSR count). The van der Waals surface area contributed by atoms with Crippen LogP contribution in [-0.4, -0.2) is 17.1 Å². The maximum absolute atomic E-state index is 13.7. The molecular weight excluding hydrogens is 450 g/mol. The Balaban J connectivity index is 1.82. The summed E-state index contributed by atoms with van der Waals surface area (Å²) < 4.78 is 83.0. The largest absolute Gasteiger partial charge is 0.418 e. The number of carbonyl (C=O) groups is 1. The van der Waals surface area contributed by atoms with Gasteiger partial charge in [-0.3, -0.25) is 4.79 Å². The fourth-order valence-electron chi connectivity index (χ4n) is 3.52. The number of halogens is 6. The predicted molar refractivity (Wildman–Crippen MR) is 104 cm³/mol. The van der Waals surface area contributed by atoms with Crippen molar-refractivity contribution < 1.29 is 40.5 Å². The highest BCUT2D eigenvalue weighted by atomic mass is 19.4. The molecule has 1 amide bonds. The van der Waals surface area contributed by atoms with E-state index >= 15 is 0 Å². The zero-order valence-corrected chi connectivity index (χ0v) is 16.6. The van der Waals surface area contributed by atoms with Crippen LogP contribution in [0, 0.1) is 0 Å². The summed E-state index contributed by atoms with van der Waals surface area (Å²) in [6, 6.07) is 10.9. The summed E-state index contributed by atoms with van der Waals surface area (Å²) in [5.74, 6) is -1.23. The molecule has 1 aromatic carbocycles. The van der Waals surface area contributed by atoms with E-state index in [9.17, 15) is 31.1 Å². The average molecular weight is 466 g/mol. The van der Waals surface area contributed by atoms with Crippen LogP contribution in [0.1, 0.15) is 27.8 Å². The summed E-state index contributed by atoms with van der Waals surface area (Å²) in [7, 11) is 0. The van der Waals surface area contributed by atoms with E-state index in [1.165, 1.54) is 71.4 Å². The Hall–Kier alpha value is -3.89. The van der Waals surface area contributed by atoms with Crippen molar-refractivity contribution in [1.82, 2.24) is 10.3 Å². The molecule has 1 unspecified atom stereocenters. The molecule has 11 heteroatoms. The molecule has 33 heavy (non-hydrogen) atoms. The molecule has 0 fully saturated rings. The summed E-state index contributed by atoms with van der Waals surface area (Å²) in [5.41, 5.74) is -1.71. The molecule has 3 N–H and O–H groups in total. The van der Waals surface area contributed by atoms with Crippen LogP contribution in [0.25, 0.3) is 16.9 Å². The minimum Gasteiger partial charge on any atom is -0.328 e. The molecule has 0 aliphatic carbocycles. The van der Waals surface area contributed by atoms with Crippen LogP contribution in [0.3, 0.4) is 0 Å². The molecule has 170 valence electrons. The first-order valence-corrected chi connectivity index (χ1v) is 9.60. The highest BCUT2D eigenvalue weighted by Gasteiger charge is 2.46. The molecule has 5 nitrogen and oxygen atoms in total. The van der Waals surface area contributed by atoms with Gasteiger partial charge in [-0.05, 0) is 24.3 Å². The Labute approximate surface area is 182 Å². The quantitative estimate of drug-likeness (QED) is 0.342. The van der Waals surface area contributed by atoms with Crippen molar-refractivity contribution in [2.45, 2.75) is 18.4 Å². The summed E-state index contributed by atoms with van der Waals surface area (Å²) >= 11 is 0. The topological polar surface area (TPSA) is 63.1 Å². The number of fused-ring (bicyclic) bond motifs is 1. The van der Waals surface area contributed by atoms with E-state index in [2.05, 4.69) is 9.97 Å². The minimum atomic E-state index is -4.82. The van der Waals surface area contributed by atoms with Crippen molar-refractivity contribution in [1.29, 1.82) is 0 Å². The number of aromatic nitrogens is 3. The van der Waals surface area contributed by atoms with Gasteiger partial charge in [-0.25, -0.2) is 9.97 Å². The molecule has 0 aliphatic heterocycles. The van der Waals surface area contributed by atoms with Gasteiger partial charge < -0.3 is 5.32 Å². The highest BCUT2D eigenvalue weighted by Crippen LogP contribution is 2.36. The number of imidazole rings is 1. The lowest BCUT2D eigenvalue weighted by Gasteiger charge is -2.17. The Kier molecular flexibility index (Phi) is 5.56. The Bertz CT molecular complexity index is 1300. The first-order valence-electron chi connectivity index (χ1n) is 9.60. The number of nitrogens with zero attached hydrogens (tertiary/aromatic N) is 1. The number of amides is 1. The van der Waals surface area contributed by atoms with Crippen molar-refractivity contribution in [3.05, 3.63) is 90.0 Å². The fourth-order valence-corrected chi connectivity index (χ4v) is 3.52. The van der Waals surface area contributed by atoms with E-state index < -0.39 is 29.9 Å². The van der Waals surface area contributed by atoms with E-state index in [1.54, 1.807) is 0 Å². The van der Waals surface area contributed by atoms with Gasteiger partial charge in [0.15, 0.2) is 11.7 Å². The number of rotatable bonds is 4. The first kappa shape index (κ1) is 22.3. The molecule has 0 aliphatic rings. The number of alkyl halides is 6. The van der Waals surface area contributed by atoms with Crippen LogP contribution in [-0.2, 0) is 6.18 Å². The molecule has 0 saturated heterocycles. The second kappa shape index (κ2) is 8.23. The predicted octanol–water partition coefficient (Wildman–Crippen LogP) is 4.29. The van der Waals surface area contributed by atoms with Gasteiger partial charge in [-0.1, -0.05) is 24.3 Å². The van der Waals surface area contributed by atoms with Crippen LogP contribution in [0.5, 0.6) is 0 Å². The number of carbonyl (C=O) groups excluding carboxylic acids is 1. The number of aromatic amines is 2. The third-order valence-corrected chi connectivity index (χ3v) is 4.96. The third kappa shape index (κ3) is 4.38. The van der Waals surface area contributed by atoms with Crippen LogP contribution in [0.15, 0.2) is 73.1 Å². The third-order valence-electron chi connectivity index (χ3n) is 4.96. The molecule has 3 heterocycles. The average Bonchev–Trinajstić information content (AvgIpc) is 3.16. The number of H-pyrrole nitrogens is 2. The van der Waals surface area contributed by atoms with Gasteiger partial charge >= 0.3 is 12.4 Å². The zero-order chi connectivity index (χ0) is 23.8. The van der Waals surface area contributed by atoms with E-state index in [-0.39, 0.29) is 28.3 Å².